The van der Waals surface area contributed by atoms with Gasteiger partial charge in [0.1, 0.15) is 5.76 Å². The van der Waals surface area contributed by atoms with Gasteiger partial charge in [-0.2, -0.15) is 0 Å². The summed E-state index contributed by atoms with van der Waals surface area (Å²) in [5, 5.41) is 0. The number of hydrogen-bond acceptors (Lipinski definition) is 5. The van der Waals surface area contributed by atoms with Crippen molar-refractivity contribution < 1.29 is 23.5 Å². The van der Waals surface area contributed by atoms with Crippen molar-refractivity contribution in [2.24, 2.45) is 5.92 Å². The summed E-state index contributed by atoms with van der Waals surface area (Å²) in [6.07, 6.45) is 3.80. The van der Waals surface area contributed by atoms with Gasteiger partial charge in [0.15, 0.2) is 6.10 Å². The second-order valence-electron chi connectivity index (χ2n) is 6.29. The molecule has 0 saturated heterocycles. The standard InChI is InChI=1S/C18H24O5/c1-10-6-14(21-5)8-11(2)18(23-13(4)19)17(20)16-12(3)9-22-15(16)7-10/h6,9,11,14,18H,7-8H2,1-5H3/t11-,14-,18+/m1/s1. The van der Waals surface area contributed by atoms with Crippen LogP contribution >= 0.6 is 0 Å². The van der Waals surface area contributed by atoms with E-state index < -0.39 is 12.1 Å². The van der Waals surface area contributed by atoms with Gasteiger partial charge in [-0.1, -0.05) is 18.6 Å². The van der Waals surface area contributed by atoms with Crippen LogP contribution in [0.4, 0.5) is 0 Å². The van der Waals surface area contributed by atoms with Crippen molar-refractivity contribution in [2.45, 2.75) is 52.7 Å². The zero-order valence-electron chi connectivity index (χ0n) is 14.3. The average molecular weight is 320 g/mol. The first-order valence-corrected chi connectivity index (χ1v) is 7.82. The molecule has 0 aliphatic heterocycles. The van der Waals surface area contributed by atoms with E-state index in [2.05, 4.69) is 0 Å². The molecule has 1 heterocycles. The third-order valence-electron chi connectivity index (χ3n) is 4.18. The van der Waals surface area contributed by atoms with Crippen LogP contribution in [0.15, 0.2) is 22.3 Å². The number of carbonyl (C=O) groups excluding carboxylic acids is 2. The lowest BCUT2D eigenvalue weighted by atomic mass is 9.87. The van der Waals surface area contributed by atoms with E-state index in [9.17, 15) is 9.59 Å². The molecule has 1 aromatic heterocycles. The fourth-order valence-corrected chi connectivity index (χ4v) is 3.06. The molecular weight excluding hydrogens is 296 g/mol. The molecule has 5 nitrogen and oxygen atoms in total. The Labute approximate surface area is 136 Å². The minimum atomic E-state index is -0.827. The SMILES string of the molecule is CO[C@@H]1C=C(C)Cc2occ(C)c2C(=O)[C@@H](OC(C)=O)[C@H](C)C1. The van der Waals surface area contributed by atoms with Crippen LogP contribution in [-0.4, -0.2) is 31.1 Å². The zero-order chi connectivity index (χ0) is 17.1. The number of esters is 1. The van der Waals surface area contributed by atoms with Gasteiger partial charge in [-0.05, 0) is 25.8 Å². The van der Waals surface area contributed by atoms with Gasteiger partial charge >= 0.3 is 5.97 Å². The molecule has 0 saturated carbocycles. The van der Waals surface area contributed by atoms with Crippen LogP contribution in [0.3, 0.4) is 0 Å². The molecule has 5 heteroatoms. The number of Topliss-reactive ketones (excluding diaryl/α,β-unsaturated/α-hetero) is 1. The average Bonchev–Trinajstić information content (AvgIpc) is 2.82. The Morgan fingerprint density at radius 3 is 2.65 bits per heavy atom. The van der Waals surface area contributed by atoms with E-state index in [1.54, 1.807) is 13.4 Å². The summed E-state index contributed by atoms with van der Waals surface area (Å²) in [5.41, 5.74) is 2.39. The van der Waals surface area contributed by atoms with Crippen LogP contribution in [0, 0.1) is 12.8 Å². The van der Waals surface area contributed by atoms with Crippen molar-refractivity contribution in [3.05, 3.63) is 34.8 Å². The maximum absolute atomic E-state index is 13.0. The molecule has 0 unspecified atom stereocenters. The monoisotopic (exact) mass is 320 g/mol. The lowest BCUT2D eigenvalue weighted by Gasteiger charge is -2.26. The maximum atomic E-state index is 13.0. The van der Waals surface area contributed by atoms with Crippen LogP contribution in [-0.2, 0) is 20.7 Å². The van der Waals surface area contributed by atoms with Gasteiger partial charge in [0.05, 0.1) is 17.9 Å². The van der Waals surface area contributed by atoms with Gasteiger partial charge in [-0.25, -0.2) is 0 Å². The molecule has 1 aliphatic rings. The predicted octanol–water partition coefficient (Wildman–Crippen LogP) is 3.25. The van der Waals surface area contributed by atoms with E-state index in [4.69, 9.17) is 13.9 Å². The molecule has 0 radical (unpaired) electrons. The molecule has 0 spiro atoms. The Kier molecular flexibility index (Phi) is 5.42. The molecule has 23 heavy (non-hydrogen) atoms. The summed E-state index contributed by atoms with van der Waals surface area (Å²) in [6.45, 7) is 7.05. The van der Waals surface area contributed by atoms with Gasteiger partial charge in [0, 0.05) is 26.4 Å². The number of furan rings is 1. The van der Waals surface area contributed by atoms with Crippen molar-refractivity contribution >= 4 is 11.8 Å². The van der Waals surface area contributed by atoms with Gasteiger partial charge in [0.25, 0.3) is 0 Å². The molecule has 2 rings (SSSR count). The van der Waals surface area contributed by atoms with E-state index in [0.29, 0.717) is 24.2 Å². The lowest BCUT2D eigenvalue weighted by Crippen LogP contribution is -2.35. The van der Waals surface area contributed by atoms with Gasteiger partial charge in [0.2, 0.25) is 5.78 Å². The van der Waals surface area contributed by atoms with Crippen molar-refractivity contribution in [3.8, 4) is 0 Å². The summed E-state index contributed by atoms with van der Waals surface area (Å²) in [7, 11) is 1.64. The van der Waals surface area contributed by atoms with Crippen LogP contribution in [0.2, 0.25) is 0 Å². The molecule has 0 aromatic carbocycles. The second kappa shape index (κ2) is 7.13. The molecule has 0 N–H and O–H groups in total. The van der Waals surface area contributed by atoms with Crippen molar-refractivity contribution in [2.75, 3.05) is 7.11 Å². The number of rotatable bonds is 2. The van der Waals surface area contributed by atoms with E-state index >= 15 is 0 Å². The molecular formula is C18H24O5. The number of ether oxygens (including phenoxy) is 2. The summed E-state index contributed by atoms with van der Waals surface area (Å²) in [4.78, 5) is 24.4. The fourth-order valence-electron chi connectivity index (χ4n) is 3.06. The summed E-state index contributed by atoms with van der Waals surface area (Å²) < 4.78 is 16.4. The van der Waals surface area contributed by atoms with E-state index in [-0.39, 0.29) is 17.8 Å². The summed E-state index contributed by atoms with van der Waals surface area (Å²) in [5.74, 6) is -0.211. The van der Waals surface area contributed by atoms with E-state index in [1.165, 1.54) is 6.92 Å². The maximum Gasteiger partial charge on any atom is 0.303 e. The molecule has 1 aromatic rings. The highest BCUT2D eigenvalue weighted by Gasteiger charge is 2.34. The normalized spacial score (nSPS) is 25.5. The largest absolute Gasteiger partial charge is 0.468 e. The number of fused-ring (bicyclic) bond motifs is 1. The molecule has 0 fully saturated rings. The van der Waals surface area contributed by atoms with Gasteiger partial charge in [-0.15, -0.1) is 0 Å². The Morgan fingerprint density at radius 2 is 2.04 bits per heavy atom. The highest BCUT2D eigenvalue weighted by atomic mass is 16.5. The minimum Gasteiger partial charge on any atom is -0.468 e. The topological polar surface area (TPSA) is 65.7 Å². The van der Waals surface area contributed by atoms with Crippen molar-refractivity contribution in [1.29, 1.82) is 0 Å². The molecule has 0 bridgehead atoms. The Bertz CT molecular complexity index is 625. The highest BCUT2D eigenvalue weighted by molar-refractivity contribution is 6.02. The Balaban J connectivity index is 2.50. The first kappa shape index (κ1) is 17.5. The fraction of sp³-hybridized carbons (Fsp3) is 0.556. The zero-order valence-corrected chi connectivity index (χ0v) is 14.3. The Hall–Kier alpha value is -1.88. The summed E-state index contributed by atoms with van der Waals surface area (Å²) in [6, 6.07) is 0. The first-order valence-electron chi connectivity index (χ1n) is 7.82. The molecule has 1 aliphatic carbocycles. The number of carbonyl (C=O) groups is 2. The molecule has 0 amide bonds. The second-order valence-corrected chi connectivity index (χ2v) is 6.29. The number of methoxy groups -OCH3 is 1. The van der Waals surface area contributed by atoms with Gasteiger partial charge < -0.3 is 13.9 Å². The van der Waals surface area contributed by atoms with Crippen LogP contribution < -0.4 is 0 Å². The highest BCUT2D eigenvalue weighted by Crippen LogP contribution is 2.28. The van der Waals surface area contributed by atoms with Crippen molar-refractivity contribution in [3.63, 3.8) is 0 Å². The molecule has 126 valence electrons. The Morgan fingerprint density at radius 1 is 1.35 bits per heavy atom. The van der Waals surface area contributed by atoms with E-state index in [0.717, 1.165) is 11.1 Å². The third kappa shape index (κ3) is 3.91. The van der Waals surface area contributed by atoms with E-state index in [1.807, 2.05) is 26.8 Å². The number of aryl methyl sites for hydroxylation is 1. The third-order valence-corrected chi connectivity index (χ3v) is 4.18. The minimum absolute atomic E-state index is 0.131. The molecule has 3 atom stereocenters. The van der Waals surface area contributed by atoms with Crippen LogP contribution in [0.25, 0.3) is 0 Å². The van der Waals surface area contributed by atoms with Crippen LogP contribution in [0.1, 0.15) is 48.9 Å². The van der Waals surface area contributed by atoms with Crippen molar-refractivity contribution in [1.82, 2.24) is 0 Å². The number of allylic oxidation sites excluding steroid dienone is 1. The predicted molar refractivity (Wildman–Crippen MR) is 85.4 cm³/mol. The first-order chi connectivity index (χ1) is 10.8. The summed E-state index contributed by atoms with van der Waals surface area (Å²) >= 11 is 0. The quantitative estimate of drug-likeness (QED) is 0.618. The van der Waals surface area contributed by atoms with Crippen LogP contribution in [0.5, 0.6) is 0 Å². The number of hydrogen-bond donors (Lipinski definition) is 0. The lowest BCUT2D eigenvalue weighted by molar-refractivity contribution is -0.146. The number of ketones is 1. The smallest absolute Gasteiger partial charge is 0.303 e. The van der Waals surface area contributed by atoms with Gasteiger partial charge in [-0.3, -0.25) is 9.59 Å².